The van der Waals surface area contributed by atoms with Gasteiger partial charge >= 0.3 is 0 Å². The second-order valence-corrected chi connectivity index (χ2v) is 17.4. The number of nitrogens with two attached hydrogens (primary N) is 1. The first-order valence-electron chi connectivity index (χ1n) is 19.5. The van der Waals surface area contributed by atoms with Crippen LogP contribution >= 0.6 is 23.4 Å². The molecule has 53 heavy (non-hydrogen) atoms. The van der Waals surface area contributed by atoms with Crippen LogP contribution < -0.4 is 31.5 Å². The van der Waals surface area contributed by atoms with E-state index in [1.807, 2.05) is 24.4 Å². The first-order chi connectivity index (χ1) is 25.7. The zero-order valence-electron chi connectivity index (χ0n) is 30.7. The van der Waals surface area contributed by atoms with Crippen LogP contribution in [-0.4, -0.2) is 84.6 Å². The Morgan fingerprint density at radius 2 is 1.75 bits per heavy atom. The number of carbonyl (C=O) groups excluding carboxylic acids is 2. The number of nitrogens with one attached hydrogen (secondary N) is 3. The zero-order chi connectivity index (χ0) is 36.5. The highest BCUT2D eigenvalue weighted by molar-refractivity contribution is 7.99. The normalized spacial score (nSPS) is 22.8. The fourth-order valence-corrected chi connectivity index (χ4v) is 10.00. The molecule has 2 aromatic carbocycles. The number of likely N-dealkylation sites (tertiary alicyclic amines) is 1. The van der Waals surface area contributed by atoms with E-state index in [0.717, 1.165) is 90.1 Å². The van der Waals surface area contributed by atoms with Gasteiger partial charge in [-0.25, -0.2) is 9.97 Å². The van der Waals surface area contributed by atoms with Crippen molar-refractivity contribution in [1.29, 1.82) is 0 Å². The predicted octanol–water partition coefficient (Wildman–Crippen LogP) is 5.89. The summed E-state index contributed by atoms with van der Waals surface area (Å²) in [5.74, 6) is 2.63. The molecule has 1 aromatic heterocycles. The first-order valence-corrected chi connectivity index (χ1v) is 20.7. The molecule has 0 saturated carbocycles. The number of carbonyl (C=O) groups is 2. The maximum atomic E-state index is 12.4. The number of benzene rings is 2. The van der Waals surface area contributed by atoms with Crippen molar-refractivity contribution in [1.82, 2.24) is 25.5 Å². The third kappa shape index (κ3) is 8.26. The van der Waals surface area contributed by atoms with Crippen LogP contribution in [0.5, 0.6) is 0 Å². The van der Waals surface area contributed by atoms with E-state index in [1.165, 1.54) is 62.8 Å². The molecule has 6 heterocycles. The van der Waals surface area contributed by atoms with Crippen LogP contribution in [-0.2, 0) is 16.1 Å². The lowest BCUT2D eigenvalue weighted by Gasteiger charge is -2.42. The van der Waals surface area contributed by atoms with Gasteiger partial charge in [0.2, 0.25) is 11.8 Å². The molecule has 0 aliphatic carbocycles. The van der Waals surface area contributed by atoms with Gasteiger partial charge in [-0.2, -0.15) is 0 Å². The second-order valence-electron chi connectivity index (χ2n) is 16.0. The van der Waals surface area contributed by atoms with Crippen molar-refractivity contribution in [2.45, 2.75) is 86.2 Å². The van der Waals surface area contributed by atoms with Gasteiger partial charge in [-0.3, -0.25) is 14.9 Å². The molecule has 2 amide bonds. The lowest BCUT2D eigenvalue weighted by molar-refractivity contribution is -0.134. The second kappa shape index (κ2) is 15.6. The molecule has 3 aromatic rings. The Hall–Kier alpha value is -3.58. The highest BCUT2D eigenvalue weighted by Gasteiger charge is 2.33. The summed E-state index contributed by atoms with van der Waals surface area (Å²) in [6, 6.07) is 12.3. The summed E-state index contributed by atoms with van der Waals surface area (Å²) in [6.45, 7) is 11.7. The fourth-order valence-electron chi connectivity index (χ4n) is 8.71. The van der Waals surface area contributed by atoms with Crippen LogP contribution in [0.1, 0.15) is 75.3 Å². The van der Waals surface area contributed by atoms with Gasteiger partial charge in [-0.05, 0) is 113 Å². The van der Waals surface area contributed by atoms with Crippen LogP contribution in [0, 0.1) is 11.8 Å². The minimum absolute atomic E-state index is 0.133. The summed E-state index contributed by atoms with van der Waals surface area (Å²) >= 11 is 8.07. The molecule has 1 atom stereocenters. The van der Waals surface area contributed by atoms with Crippen molar-refractivity contribution in [3.8, 4) is 0 Å². The zero-order valence-corrected chi connectivity index (χ0v) is 32.3. The number of amides is 2. The molecule has 0 radical (unpaired) electrons. The average Bonchev–Trinajstić information content (AvgIpc) is 3.36. The Labute approximate surface area is 322 Å². The molecule has 11 nitrogen and oxygen atoms in total. The molecule has 0 spiro atoms. The third-order valence-corrected chi connectivity index (χ3v) is 14.0. The highest BCUT2D eigenvalue weighted by atomic mass is 35.5. The number of piperidine rings is 4. The maximum absolute atomic E-state index is 12.4. The van der Waals surface area contributed by atoms with E-state index in [1.54, 1.807) is 0 Å². The summed E-state index contributed by atoms with van der Waals surface area (Å²) < 4.78 is 0. The molecule has 4 fully saturated rings. The molecule has 13 heteroatoms. The maximum Gasteiger partial charge on any atom is 0.234 e. The largest absolute Gasteiger partial charge is 0.397 e. The quantitative estimate of drug-likeness (QED) is 0.162. The minimum atomic E-state index is -0.232. The number of anilines is 4. The van der Waals surface area contributed by atoms with Crippen LogP contribution in [0.25, 0.3) is 0 Å². The monoisotopic (exact) mass is 757 g/mol. The lowest BCUT2D eigenvalue weighted by Crippen LogP contribution is -2.53. The summed E-state index contributed by atoms with van der Waals surface area (Å²) in [6.07, 6.45) is 9.98. The summed E-state index contributed by atoms with van der Waals surface area (Å²) in [4.78, 5) is 42.3. The molecule has 1 unspecified atom stereocenters. The molecule has 5 N–H and O–H groups in total. The van der Waals surface area contributed by atoms with Gasteiger partial charge in [0.1, 0.15) is 10.8 Å². The smallest absolute Gasteiger partial charge is 0.234 e. The SMILES string of the molecule is CC1(NCC2CCN(CC3CCN(c4cccc(C5CCC(=O)NC5=O)c4)CC3)CC2)CCN(c2cnc3c(n2)NCc2ccc(N)c(Cl)c2S3)CC1. The van der Waals surface area contributed by atoms with Crippen molar-refractivity contribution in [2.75, 3.05) is 73.2 Å². The van der Waals surface area contributed by atoms with E-state index in [2.05, 4.69) is 55.8 Å². The van der Waals surface area contributed by atoms with E-state index in [9.17, 15) is 9.59 Å². The molecular weight excluding hydrogens is 706 g/mol. The van der Waals surface area contributed by atoms with Crippen LogP contribution in [0.4, 0.5) is 23.0 Å². The van der Waals surface area contributed by atoms with Gasteiger partial charge in [0, 0.05) is 61.8 Å². The number of imide groups is 1. The van der Waals surface area contributed by atoms with Gasteiger partial charge in [0.15, 0.2) is 5.82 Å². The van der Waals surface area contributed by atoms with E-state index < -0.39 is 0 Å². The standard InChI is InChI=1S/C40H52ClN9O2S/c1-40(13-19-50(20-14-40)33-24-44-39-37(46-33)43-23-29-5-7-32(42)35(41)36(29)53-39)45-22-26-9-15-48(16-10-26)25-27-11-17-49(18-12-27)30-4-2-3-28(21-30)31-6-8-34(51)47-38(31)52/h2-5,7,21,24,26-27,31,45H,6,8-20,22-23,25,42H2,1H3,(H,43,46)(H,47,51,52). The van der Waals surface area contributed by atoms with Crippen molar-refractivity contribution in [3.63, 3.8) is 0 Å². The molecular formula is C40H52ClN9O2S. The lowest BCUT2D eigenvalue weighted by atomic mass is 9.87. The van der Waals surface area contributed by atoms with Gasteiger partial charge < -0.3 is 31.1 Å². The Kier molecular flexibility index (Phi) is 10.7. The third-order valence-electron chi connectivity index (χ3n) is 12.3. The van der Waals surface area contributed by atoms with Gasteiger partial charge in [0.05, 0.1) is 22.8 Å². The molecule has 5 aliphatic rings. The van der Waals surface area contributed by atoms with Crippen LogP contribution in [0.15, 0.2) is 52.5 Å². The molecule has 8 rings (SSSR count). The van der Waals surface area contributed by atoms with Crippen molar-refractivity contribution < 1.29 is 9.59 Å². The molecule has 0 bridgehead atoms. The average molecular weight is 758 g/mol. The number of fused-ring (bicyclic) bond motifs is 2. The molecule has 5 aliphatic heterocycles. The Balaban J connectivity index is 0.751. The Morgan fingerprint density at radius 1 is 0.981 bits per heavy atom. The van der Waals surface area contributed by atoms with Crippen LogP contribution in [0.3, 0.4) is 0 Å². The first kappa shape index (κ1) is 36.4. The number of nitrogens with zero attached hydrogens (tertiary/aromatic N) is 5. The van der Waals surface area contributed by atoms with E-state index in [4.69, 9.17) is 27.3 Å². The Morgan fingerprint density at radius 3 is 2.53 bits per heavy atom. The van der Waals surface area contributed by atoms with Gasteiger partial charge in [-0.15, -0.1) is 0 Å². The summed E-state index contributed by atoms with van der Waals surface area (Å²) in [7, 11) is 0. The van der Waals surface area contributed by atoms with Crippen molar-refractivity contribution >= 4 is 58.2 Å². The van der Waals surface area contributed by atoms with Gasteiger partial charge in [-0.1, -0.05) is 41.6 Å². The minimum Gasteiger partial charge on any atom is -0.397 e. The number of aromatic nitrogens is 2. The van der Waals surface area contributed by atoms with E-state index >= 15 is 0 Å². The summed E-state index contributed by atoms with van der Waals surface area (Å²) in [5, 5.41) is 11.4. The highest BCUT2D eigenvalue weighted by Crippen LogP contribution is 2.43. The molecule has 282 valence electrons. The number of halogens is 1. The molecule has 4 saturated heterocycles. The van der Waals surface area contributed by atoms with Gasteiger partial charge in [0.25, 0.3) is 0 Å². The number of hydrogen-bond donors (Lipinski definition) is 4. The number of hydrogen-bond acceptors (Lipinski definition) is 11. The van der Waals surface area contributed by atoms with E-state index in [0.29, 0.717) is 30.1 Å². The Bertz CT molecular complexity index is 1820. The predicted molar refractivity (Wildman–Crippen MR) is 213 cm³/mol. The van der Waals surface area contributed by atoms with Crippen molar-refractivity contribution in [3.05, 3.63) is 58.7 Å². The van der Waals surface area contributed by atoms with E-state index in [-0.39, 0.29) is 23.3 Å². The number of rotatable bonds is 8. The summed E-state index contributed by atoms with van der Waals surface area (Å²) in [5.41, 5.74) is 10.1. The fraction of sp³-hybridized carbons (Fsp3) is 0.550. The number of nitrogen functional groups attached to an aromatic ring is 1. The topological polar surface area (TPSA) is 132 Å². The van der Waals surface area contributed by atoms with Crippen LogP contribution in [0.2, 0.25) is 5.02 Å². The van der Waals surface area contributed by atoms with Crippen molar-refractivity contribution in [2.24, 2.45) is 11.8 Å².